The summed E-state index contributed by atoms with van der Waals surface area (Å²) in [6.45, 7) is 1.98. The third-order valence-corrected chi connectivity index (χ3v) is 7.02. The van der Waals surface area contributed by atoms with Gasteiger partial charge in [-0.15, -0.1) is 0 Å². The lowest BCUT2D eigenvalue weighted by Crippen LogP contribution is -2.40. The van der Waals surface area contributed by atoms with E-state index in [0.29, 0.717) is 33.8 Å². The first-order valence-corrected chi connectivity index (χ1v) is 12.3. The van der Waals surface area contributed by atoms with Crippen molar-refractivity contribution in [3.8, 4) is 11.8 Å². The van der Waals surface area contributed by atoms with Gasteiger partial charge in [0.15, 0.2) is 0 Å². The van der Waals surface area contributed by atoms with E-state index < -0.39 is 0 Å². The van der Waals surface area contributed by atoms with Gasteiger partial charge in [0.2, 0.25) is 5.95 Å². The summed E-state index contributed by atoms with van der Waals surface area (Å²) >= 11 is 6.09. The van der Waals surface area contributed by atoms with Gasteiger partial charge in [-0.3, -0.25) is 4.79 Å². The van der Waals surface area contributed by atoms with Gasteiger partial charge in [0.05, 0.1) is 22.3 Å². The van der Waals surface area contributed by atoms with Crippen molar-refractivity contribution in [1.82, 2.24) is 15.3 Å². The van der Waals surface area contributed by atoms with E-state index in [1.54, 1.807) is 30.6 Å². The van der Waals surface area contributed by atoms with E-state index in [-0.39, 0.29) is 24.7 Å². The number of carbonyl (C=O) groups excluding carboxylic acids is 1. The molecule has 1 saturated carbocycles. The molecule has 1 aromatic carbocycles. The maximum absolute atomic E-state index is 12.7. The second-order valence-electron chi connectivity index (χ2n) is 9.03. The van der Waals surface area contributed by atoms with E-state index in [4.69, 9.17) is 26.7 Å². The minimum atomic E-state index is -0.156. The molecule has 2 aliphatic rings. The van der Waals surface area contributed by atoms with Crippen LogP contribution < -0.4 is 15.0 Å². The van der Waals surface area contributed by atoms with Crippen LogP contribution in [0.5, 0.6) is 5.75 Å². The second kappa shape index (κ2) is 11.5. The molecule has 34 heavy (non-hydrogen) atoms. The summed E-state index contributed by atoms with van der Waals surface area (Å²) in [6.07, 6.45) is 9.45. The fourth-order valence-electron chi connectivity index (χ4n) is 4.65. The Morgan fingerprint density at radius 2 is 1.88 bits per heavy atom. The van der Waals surface area contributed by atoms with Gasteiger partial charge >= 0.3 is 0 Å². The van der Waals surface area contributed by atoms with Crippen molar-refractivity contribution in [3.63, 3.8) is 0 Å². The van der Waals surface area contributed by atoms with Gasteiger partial charge in [-0.2, -0.15) is 5.26 Å². The van der Waals surface area contributed by atoms with Crippen molar-refractivity contribution in [2.75, 3.05) is 24.6 Å². The standard InChI is InChI=1S/C25H30ClN5O3/c26-23-13-22(4-1-18(23)14-27)34-21-5-2-20(3-6-21)30-24(33)19-15-28-25(29-16-19)31-10-7-17(8-11-31)9-12-32/h1,4,13,15-17,20-21,32H,2-3,5-12H2,(H,30,33). The molecule has 2 heterocycles. The summed E-state index contributed by atoms with van der Waals surface area (Å²) in [5, 5.41) is 21.6. The number of piperidine rings is 1. The van der Waals surface area contributed by atoms with Crippen LogP contribution in [-0.2, 0) is 0 Å². The molecule has 0 spiro atoms. The summed E-state index contributed by atoms with van der Waals surface area (Å²) in [6, 6.07) is 7.23. The fraction of sp³-hybridized carbons (Fsp3) is 0.520. The predicted molar refractivity (Wildman–Crippen MR) is 129 cm³/mol. The van der Waals surface area contributed by atoms with Crippen molar-refractivity contribution < 1.29 is 14.6 Å². The molecule has 2 N–H and O–H groups in total. The lowest BCUT2D eigenvalue weighted by molar-refractivity contribution is 0.0893. The Kier molecular flexibility index (Phi) is 8.20. The largest absolute Gasteiger partial charge is 0.490 e. The number of aliphatic hydroxyl groups is 1. The third-order valence-electron chi connectivity index (χ3n) is 6.71. The number of amides is 1. The Morgan fingerprint density at radius 1 is 1.18 bits per heavy atom. The molecule has 0 unspecified atom stereocenters. The lowest BCUT2D eigenvalue weighted by atomic mass is 9.92. The van der Waals surface area contributed by atoms with Crippen LogP contribution in [0.3, 0.4) is 0 Å². The van der Waals surface area contributed by atoms with Crippen LogP contribution in [0.1, 0.15) is 60.9 Å². The number of nitriles is 1. The molecule has 1 amide bonds. The Bertz CT molecular complexity index is 1010. The Morgan fingerprint density at radius 3 is 2.50 bits per heavy atom. The normalized spacial score (nSPS) is 21.0. The minimum Gasteiger partial charge on any atom is -0.490 e. The molecule has 0 radical (unpaired) electrons. The van der Waals surface area contributed by atoms with Gasteiger partial charge in [-0.25, -0.2) is 9.97 Å². The molecule has 4 rings (SSSR count). The van der Waals surface area contributed by atoms with Crippen LogP contribution in [0.25, 0.3) is 0 Å². The zero-order chi connectivity index (χ0) is 23.9. The van der Waals surface area contributed by atoms with E-state index in [2.05, 4.69) is 20.2 Å². The number of carbonyl (C=O) groups is 1. The maximum atomic E-state index is 12.7. The van der Waals surface area contributed by atoms with Gasteiger partial charge in [0.25, 0.3) is 5.91 Å². The second-order valence-corrected chi connectivity index (χ2v) is 9.44. The summed E-state index contributed by atoms with van der Waals surface area (Å²) in [5.74, 6) is 1.72. The van der Waals surface area contributed by atoms with Gasteiger partial charge in [0, 0.05) is 44.2 Å². The molecule has 0 bridgehead atoms. The van der Waals surface area contributed by atoms with Crippen LogP contribution in [0.4, 0.5) is 5.95 Å². The molecule has 9 heteroatoms. The molecule has 1 aromatic heterocycles. The molecule has 1 aliphatic heterocycles. The number of aromatic nitrogens is 2. The quantitative estimate of drug-likeness (QED) is 0.617. The first-order chi connectivity index (χ1) is 16.6. The molecular formula is C25H30ClN5O3. The molecule has 8 nitrogen and oxygen atoms in total. The van der Waals surface area contributed by atoms with E-state index in [0.717, 1.165) is 58.0 Å². The van der Waals surface area contributed by atoms with Gasteiger partial charge in [0.1, 0.15) is 11.8 Å². The predicted octanol–water partition coefficient (Wildman–Crippen LogP) is 3.72. The molecule has 1 aliphatic carbocycles. The molecular weight excluding hydrogens is 454 g/mol. The number of nitrogens with zero attached hydrogens (tertiary/aromatic N) is 4. The van der Waals surface area contributed by atoms with Crippen molar-refractivity contribution >= 4 is 23.5 Å². The number of hydrogen-bond donors (Lipinski definition) is 2. The van der Waals surface area contributed by atoms with Crippen molar-refractivity contribution in [2.45, 2.75) is 57.1 Å². The van der Waals surface area contributed by atoms with E-state index in [9.17, 15) is 4.79 Å². The van der Waals surface area contributed by atoms with E-state index in [1.165, 1.54) is 0 Å². The Labute approximate surface area is 204 Å². The van der Waals surface area contributed by atoms with Crippen LogP contribution in [0, 0.1) is 17.2 Å². The van der Waals surface area contributed by atoms with Gasteiger partial charge in [-0.1, -0.05) is 11.6 Å². The summed E-state index contributed by atoms with van der Waals surface area (Å²) in [5.41, 5.74) is 0.893. The highest BCUT2D eigenvalue weighted by atomic mass is 35.5. The number of halogens is 1. The molecule has 2 aromatic rings. The smallest absolute Gasteiger partial charge is 0.254 e. The highest BCUT2D eigenvalue weighted by Crippen LogP contribution is 2.27. The lowest BCUT2D eigenvalue weighted by Gasteiger charge is -2.31. The topological polar surface area (TPSA) is 111 Å². The van der Waals surface area contributed by atoms with Gasteiger partial charge < -0.3 is 20.1 Å². The first-order valence-electron chi connectivity index (χ1n) is 11.9. The summed E-state index contributed by atoms with van der Waals surface area (Å²) < 4.78 is 6.02. The van der Waals surface area contributed by atoms with Gasteiger partial charge in [-0.05, 0) is 63.0 Å². The Balaban J connectivity index is 1.22. The first kappa shape index (κ1) is 24.2. The van der Waals surface area contributed by atoms with Crippen molar-refractivity contribution in [1.29, 1.82) is 5.26 Å². The van der Waals surface area contributed by atoms with Crippen molar-refractivity contribution in [2.24, 2.45) is 5.92 Å². The maximum Gasteiger partial charge on any atom is 0.254 e. The molecule has 0 atom stereocenters. The van der Waals surface area contributed by atoms with Crippen LogP contribution >= 0.6 is 11.6 Å². The van der Waals surface area contributed by atoms with Crippen LogP contribution in [0.15, 0.2) is 30.6 Å². The molecule has 180 valence electrons. The van der Waals surface area contributed by atoms with Crippen molar-refractivity contribution in [3.05, 3.63) is 46.7 Å². The van der Waals surface area contributed by atoms with Crippen LogP contribution in [-0.4, -0.2) is 52.8 Å². The Hall–Kier alpha value is -2.89. The zero-order valence-corrected chi connectivity index (χ0v) is 19.9. The zero-order valence-electron chi connectivity index (χ0n) is 19.1. The number of anilines is 1. The highest BCUT2D eigenvalue weighted by molar-refractivity contribution is 6.31. The molecule has 1 saturated heterocycles. The summed E-state index contributed by atoms with van der Waals surface area (Å²) in [4.78, 5) is 23.7. The number of hydrogen-bond acceptors (Lipinski definition) is 7. The average Bonchev–Trinajstić information content (AvgIpc) is 2.86. The monoisotopic (exact) mass is 483 g/mol. The minimum absolute atomic E-state index is 0.0567. The highest BCUT2D eigenvalue weighted by Gasteiger charge is 2.25. The number of nitrogens with one attached hydrogen (secondary N) is 1. The summed E-state index contributed by atoms with van der Waals surface area (Å²) in [7, 11) is 0. The van der Waals surface area contributed by atoms with E-state index in [1.807, 2.05) is 6.07 Å². The fourth-order valence-corrected chi connectivity index (χ4v) is 4.86. The van der Waals surface area contributed by atoms with Crippen LogP contribution in [0.2, 0.25) is 5.02 Å². The average molecular weight is 484 g/mol. The number of aliphatic hydroxyl groups excluding tert-OH is 1. The number of benzene rings is 1. The third kappa shape index (κ3) is 6.16. The van der Waals surface area contributed by atoms with E-state index >= 15 is 0 Å². The SMILES string of the molecule is N#Cc1ccc(OC2CCC(NC(=O)c3cnc(N4CCC(CCO)CC4)nc3)CC2)cc1Cl. The number of ether oxygens (including phenoxy) is 1. The molecule has 2 fully saturated rings. The number of rotatable bonds is 7.